The Hall–Kier alpha value is -1.96. The molecule has 0 aromatic heterocycles. The van der Waals surface area contributed by atoms with Crippen LogP contribution in [0.15, 0.2) is 24.3 Å². The standard InChI is InChI=1S/C11H17NO2.C8H11NO.C3H7BrO/c1-8-6-10(14-5-4-13-3)7-9(2)11(8)12;1-5-3-7(10)4-6(2)8(5)9;1-5-3-2-4/h6-7H,4-5,12H2,1-3H3;3-4,10H,9H2,1-2H3;2-3H2,1H3. The lowest BCUT2D eigenvalue weighted by Gasteiger charge is -2.10. The third kappa shape index (κ3) is 11.0. The average Bonchev–Trinajstić information content (AvgIpc) is 2.66. The highest BCUT2D eigenvalue weighted by Crippen LogP contribution is 2.23. The summed E-state index contributed by atoms with van der Waals surface area (Å²) in [5.74, 6) is 1.13. The van der Waals surface area contributed by atoms with Crippen LogP contribution in [0.3, 0.4) is 0 Å². The zero-order valence-corrected chi connectivity index (χ0v) is 19.9. The SMILES string of the molecule is COCCBr.COCCOc1cc(C)c(N)c(C)c1.Cc1cc(O)cc(C)c1N. The molecule has 0 fully saturated rings. The summed E-state index contributed by atoms with van der Waals surface area (Å²) in [7, 11) is 3.34. The molecule has 0 spiro atoms. The van der Waals surface area contributed by atoms with E-state index in [9.17, 15) is 0 Å². The van der Waals surface area contributed by atoms with Crippen LogP contribution >= 0.6 is 15.9 Å². The minimum atomic E-state index is 0.282. The molecule has 0 heterocycles. The van der Waals surface area contributed by atoms with Gasteiger partial charge in [0.05, 0.1) is 13.2 Å². The van der Waals surface area contributed by atoms with Gasteiger partial charge in [0, 0.05) is 30.9 Å². The molecule has 0 saturated heterocycles. The molecular formula is C22H35BrN2O4. The van der Waals surface area contributed by atoms with E-state index in [1.54, 1.807) is 26.4 Å². The van der Waals surface area contributed by atoms with Crippen LogP contribution < -0.4 is 16.2 Å². The molecule has 0 aliphatic rings. The monoisotopic (exact) mass is 470 g/mol. The van der Waals surface area contributed by atoms with Crippen molar-refractivity contribution in [3.63, 3.8) is 0 Å². The number of halogens is 1. The van der Waals surface area contributed by atoms with E-state index in [-0.39, 0.29) is 5.75 Å². The van der Waals surface area contributed by atoms with Gasteiger partial charge in [0.25, 0.3) is 0 Å². The highest BCUT2D eigenvalue weighted by Gasteiger charge is 2.02. The molecule has 5 N–H and O–H groups in total. The second-order valence-electron chi connectivity index (χ2n) is 6.49. The van der Waals surface area contributed by atoms with Crippen molar-refractivity contribution >= 4 is 27.3 Å². The van der Waals surface area contributed by atoms with Gasteiger partial charge in [-0.1, -0.05) is 15.9 Å². The highest BCUT2D eigenvalue weighted by atomic mass is 79.9. The van der Waals surface area contributed by atoms with E-state index in [1.165, 1.54) is 0 Å². The van der Waals surface area contributed by atoms with Crippen LogP contribution in [0.4, 0.5) is 11.4 Å². The number of hydrogen-bond acceptors (Lipinski definition) is 6. The van der Waals surface area contributed by atoms with Crippen molar-refractivity contribution in [1.29, 1.82) is 0 Å². The van der Waals surface area contributed by atoms with E-state index in [0.29, 0.717) is 13.2 Å². The van der Waals surface area contributed by atoms with Crippen LogP contribution in [-0.4, -0.2) is 44.5 Å². The Labute approximate surface area is 183 Å². The Morgan fingerprint density at radius 2 is 1.17 bits per heavy atom. The van der Waals surface area contributed by atoms with Crippen molar-refractivity contribution in [3.05, 3.63) is 46.5 Å². The molecule has 0 atom stereocenters. The molecule has 0 bridgehead atoms. The molecule has 0 unspecified atom stereocenters. The Kier molecular flexibility index (Phi) is 13.9. The van der Waals surface area contributed by atoms with E-state index in [2.05, 4.69) is 20.7 Å². The first kappa shape index (κ1) is 27.0. The number of methoxy groups -OCH3 is 2. The smallest absolute Gasteiger partial charge is 0.120 e. The number of aryl methyl sites for hydroxylation is 4. The van der Waals surface area contributed by atoms with Crippen LogP contribution in [0.2, 0.25) is 0 Å². The summed E-state index contributed by atoms with van der Waals surface area (Å²) >= 11 is 3.18. The molecule has 7 heteroatoms. The van der Waals surface area contributed by atoms with E-state index < -0.39 is 0 Å². The normalized spacial score (nSPS) is 9.76. The Bertz CT molecular complexity index is 691. The third-order valence-electron chi connectivity index (χ3n) is 3.98. The van der Waals surface area contributed by atoms with Gasteiger partial charge < -0.3 is 30.8 Å². The lowest BCUT2D eigenvalue weighted by molar-refractivity contribution is 0.146. The molecule has 0 radical (unpaired) electrons. The zero-order valence-electron chi connectivity index (χ0n) is 18.3. The second kappa shape index (κ2) is 15.0. The molecule has 0 amide bonds. The van der Waals surface area contributed by atoms with Crippen LogP contribution in [0, 0.1) is 27.7 Å². The molecule has 6 nitrogen and oxygen atoms in total. The van der Waals surface area contributed by atoms with Gasteiger partial charge in [0.2, 0.25) is 0 Å². The summed E-state index contributed by atoms with van der Waals surface area (Å²) in [6.45, 7) is 9.68. The number of phenols is 1. The van der Waals surface area contributed by atoms with Crippen molar-refractivity contribution in [1.82, 2.24) is 0 Å². The fourth-order valence-electron chi connectivity index (χ4n) is 2.29. The number of phenolic OH excluding ortho intramolecular Hbond substituents is 1. The van der Waals surface area contributed by atoms with Crippen LogP contribution in [0.1, 0.15) is 22.3 Å². The molecule has 29 heavy (non-hydrogen) atoms. The first-order chi connectivity index (χ1) is 13.7. The number of nitrogen functional groups attached to an aromatic ring is 2. The molecule has 0 saturated carbocycles. The maximum atomic E-state index is 9.06. The first-order valence-corrected chi connectivity index (χ1v) is 10.4. The van der Waals surface area contributed by atoms with E-state index >= 15 is 0 Å². The van der Waals surface area contributed by atoms with Crippen LogP contribution in [0.5, 0.6) is 11.5 Å². The molecular weight excluding hydrogens is 436 g/mol. The molecule has 2 aromatic carbocycles. The van der Waals surface area contributed by atoms with Crippen molar-refractivity contribution in [2.45, 2.75) is 27.7 Å². The Morgan fingerprint density at radius 1 is 0.759 bits per heavy atom. The number of hydrogen-bond donors (Lipinski definition) is 3. The topological polar surface area (TPSA) is 100.0 Å². The number of nitrogens with two attached hydrogens (primary N) is 2. The predicted molar refractivity (Wildman–Crippen MR) is 125 cm³/mol. The van der Waals surface area contributed by atoms with Gasteiger partial charge >= 0.3 is 0 Å². The third-order valence-corrected chi connectivity index (χ3v) is 4.31. The van der Waals surface area contributed by atoms with E-state index in [4.69, 9.17) is 26.0 Å². The number of rotatable bonds is 6. The number of benzene rings is 2. The van der Waals surface area contributed by atoms with E-state index in [0.717, 1.165) is 51.3 Å². The van der Waals surface area contributed by atoms with Crippen molar-refractivity contribution in [2.24, 2.45) is 0 Å². The molecule has 0 aliphatic heterocycles. The van der Waals surface area contributed by atoms with Crippen molar-refractivity contribution in [2.75, 3.05) is 50.8 Å². The lowest BCUT2D eigenvalue weighted by Crippen LogP contribution is -2.05. The van der Waals surface area contributed by atoms with Crippen molar-refractivity contribution < 1.29 is 19.3 Å². The average molecular weight is 471 g/mol. The number of ether oxygens (including phenoxy) is 3. The minimum Gasteiger partial charge on any atom is -0.508 e. The predicted octanol–water partition coefficient (Wildman–Crippen LogP) is 4.53. The summed E-state index contributed by atoms with van der Waals surface area (Å²) in [6.07, 6.45) is 0. The van der Waals surface area contributed by atoms with Gasteiger partial charge in [-0.05, 0) is 74.2 Å². The van der Waals surface area contributed by atoms with Crippen LogP contribution in [0.25, 0.3) is 0 Å². The highest BCUT2D eigenvalue weighted by molar-refractivity contribution is 9.09. The summed E-state index contributed by atoms with van der Waals surface area (Å²) in [4.78, 5) is 0. The summed E-state index contributed by atoms with van der Waals surface area (Å²) in [5.41, 5.74) is 17.0. The molecule has 2 rings (SSSR count). The van der Waals surface area contributed by atoms with Gasteiger partial charge in [-0.25, -0.2) is 0 Å². The lowest BCUT2D eigenvalue weighted by atomic mass is 10.1. The number of anilines is 2. The molecule has 0 aliphatic carbocycles. The minimum absolute atomic E-state index is 0.282. The summed E-state index contributed by atoms with van der Waals surface area (Å²) in [5, 5.41) is 10.00. The van der Waals surface area contributed by atoms with E-state index in [1.807, 2.05) is 39.8 Å². The number of alkyl halides is 1. The fourth-order valence-corrected chi connectivity index (χ4v) is 2.61. The summed E-state index contributed by atoms with van der Waals surface area (Å²) in [6, 6.07) is 7.20. The quantitative estimate of drug-likeness (QED) is 0.248. The van der Waals surface area contributed by atoms with Gasteiger partial charge in [0.1, 0.15) is 18.1 Å². The van der Waals surface area contributed by atoms with Crippen LogP contribution in [-0.2, 0) is 9.47 Å². The molecule has 164 valence electrons. The maximum Gasteiger partial charge on any atom is 0.120 e. The Balaban J connectivity index is 0.000000455. The van der Waals surface area contributed by atoms with Gasteiger partial charge in [-0.3, -0.25) is 0 Å². The first-order valence-electron chi connectivity index (χ1n) is 9.26. The fraction of sp³-hybridized carbons (Fsp3) is 0.455. The maximum absolute atomic E-state index is 9.06. The van der Waals surface area contributed by atoms with Gasteiger partial charge in [0.15, 0.2) is 0 Å². The van der Waals surface area contributed by atoms with Crippen molar-refractivity contribution in [3.8, 4) is 11.5 Å². The largest absolute Gasteiger partial charge is 0.508 e. The summed E-state index contributed by atoms with van der Waals surface area (Å²) < 4.78 is 15.0. The van der Waals surface area contributed by atoms with Gasteiger partial charge in [-0.2, -0.15) is 0 Å². The van der Waals surface area contributed by atoms with Gasteiger partial charge in [-0.15, -0.1) is 0 Å². The second-order valence-corrected chi connectivity index (χ2v) is 7.28. The molecule has 2 aromatic rings. The number of aromatic hydroxyl groups is 1. The Morgan fingerprint density at radius 3 is 1.52 bits per heavy atom. The zero-order chi connectivity index (χ0) is 22.4.